The van der Waals surface area contributed by atoms with E-state index in [1.165, 1.54) is 0 Å². The Bertz CT molecular complexity index is 684. The number of imidazole rings is 1. The molecule has 114 valence electrons. The monoisotopic (exact) mass is 299 g/mol. The Labute approximate surface area is 128 Å². The fourth-order valence-corrected chi connectivity index (χ4v) is 3.14. The van der Waals surface area contributed by atoms with Crippen LogP contribution in [-0.4, -0.2) is 40.2 Å². The molecular formula is C16H17N3O3. The van der Waals surface area contributed by atoms with Crippen molar-refractivity contribution in [2.24, 2.45) is 0 Å². The molecule has 22 heavy (non-hydrogen) atoms. The molecule has 0 saturated carbocycles. The molecule has 6 nitrogen and oxygen atoms in total. The average molecular weight is 299 g/mol. The van der Waals surface area contributed by atoms with Gasteiger partial charge in [-0.15, -0.1) is 0 Å². The molecule has 0 N–H and O–H groups in total. The van der Waals surface area contributed by atoms with Crippen LogP contribution in [0.4, 0.5) is 0 Å². The highest BCUT2D eigenvalue weighted by Gasteiger charge is 2.29. The number of fused-ring (bicyclic) bond motifs is 1. The van der Waals surface area contributed by atoms with Gasteiger partial charge in [-0.1, -0.05) is 6.07 Å². The number of likely N-dealkylation sites (tertiary alicyclic amines) is 1. The lowest BCUT2D eigenvalue weighted by atomic mass is 10.0. The van der Waals surface area contributed by atoms with Crippen LogP contribution in [0.2, 0.25) is 0 Å². The van der Waals surface area contributed by atoms with Gasteiger partial charge in [-0.05, 0) is 25.0 Å². The molecule has 0 spiro atoms. The van der Waals surface area contributed by atoms with E-state index < -0.39 is 0 Å². The summed E-state index contributed by atoms with van der Waals surface area (Å²) < 4.78 is 12.9. The van der Waals surface area contributed by atoms with E-state index in [0.717, 1.165) is 19.4 Å². The van der Waals surface area contributed by atoms with Gasteiger partial charge in [0, 0.05) is 25.5 Å². The third-order valence-corrected chi connectivity index (χ3v) is 4.26. The second-order valence-corrected chi connectivity index (χ2v) is 5.60. The van der Waals surface area contributed by atoms with E-state index in [0.29, 0.717) is 23.6 Å². The first-order valence-corrected chi connectivity index (χ1v) is 7.48. The van der Waals surface area contributed by atoms with E-state index in [2.05, 4.69) is 9.55 Å². The summed E-state index contributed by atoms with van der Waals surface area (Å²) in [5.74, 6) is 1.22. The smallest absolute Gasteiger partial charge is 0.257 e. The number of aromatic nitrogens is 2. The van der Waals surface area contributed by atoms with Crippen LogP contribution in [0, 0.1) is 0 Å². The number of ether oxygens (including phenoxy) is 2. The van der Waals surface area contributed by atoms with Gasteiger partial charge in [0.25, 0.3) is 5.91 Å². The topological polar surface area (TPSA) is 56.6 Å². The predicted octanol–water partition coefficient (Wildman–Crippen LogP) is 2.09. The number of carbonyl (C=O) groups is 1. The molecule has 1 saturated heterocycles. The minimum atomic E-state index is 0.00663. The average Bonchev–Trinajstić information content (AvgIpc) is 3.25. The lowest BCUT2D eigenvalue weighted by Crippen LogP contribution is -2.40. The van der Waals surface area contributed by atoms with Gasteiger partial charge in [0.05, 0.1) is 17.9 Å². The molecule has 4 rings (SSSR count). The Morgan fingerprint density at radius 3 is 3.14 bits per heavy atom. The molecule has 1 amide bonds. The number of rotatable bonds is 2. The summed E-state index contributed by atoms with van der Waals surface area (Å²) in [7, 11) is 0. The number of amides is 1. The van der Waals surface area contributed by atoms with Gasteiger partial charge in [-0.2, -0.15) is 0 Å². The summed E-state index contributed by atoms with van der Waals surface area (Å²) in [5, 5.41) is 0. The van der Waals surface area contributed by atoms with Crippen LogP contribution in [0.3, 0.4) is 0 Å². The quantitative estimate of drug-likeness (QED) is 0.852. The highest BCUT2D eigenvalue weighted by Crippen LogP contribution is 2.36. The zero-order valence-corrected chi connectivity index (χ0v) is 12.1. The summed E-state index contributed by atoms with van der Waals surface area (Å²) in [6.07, 6.45) is 7.59. The van der Waals surface area contributed by atoms with Crippen LogP contribution in [0.25, 0.3) is 0 Å². The summed E-state index contributed by atoms with van der Waals surface area (Å²) in [6, 6.07) is 5.74. The molecule has 2 aliphatic heterocycles. The minimum absolute atomic E-state index is 0.00663. The van der Waals surface area contributed by atoms with Gasteiger partial charge >= 0.3 is 0 Å². The van der Waals surface area contributed by atoms with E-state index >= 15 is 0 Å². The highest BCUT2D eigenvalue weighted by molar-refractivity contribution is 5.98. The Balaban J connectivity index is 1.57. The van der Waals surface area contributed by atoms with Gasteiger partial charge in [-0.3, -0.25) is 4.79 Å². The van der Waals surface area contributed by atoms with Crippen molar-refractivity contribution in [3.05, 3.63) is 42.5 Å². The van der Waals surface area contributed by atoms with Crippen molar-refractivity contribution < 1.29 is 14.3 Å². The molecule has 1 aromatic carbocycles. The van der Waals surface area contributed by atoms with Crippen molar-refractivity contribution in [1.82, 2.24) is 14.5 Å². The number of piperidine rings is 1. The maximum Gasteiger partial charge on any atom is 0.257 e. The molecule has 0 bridgehead atoms. The van der Waals surface area contributed by atoms with Crippen LogP contribution in [-0.2, 0) is 0 Å². The van der Waals surface area contributed by atoms with Crippen LogP contribution >= 0.6 is 0 Å². The van der Waals surface area contributed by atoms with Crippen molar-refractivity contribution >= 4 is 5.91 Å². The number of benzene rings is 1. The molecule has 0 radical (unpaired) electrons. The van der Waals surface area contributed by atoms with E-state index in [1.54, 1.807) is 12.3 Å². The summed E-state index contributed by atoms with van der Waals surface area (Å²) >= 11 is 0. The van der Waals surface area contributed by atoms with Crippen LogP contribution in [0.1, 0.15) is 29.2 Å². The van der Waals surface area contributed by atoms with Gasteiger partial charge in [0.15, 0.2) is 11.5 Å². The number of hydrogen-bond acceptors (Lipinski definition) is 4. The lowest BCUT2D eigenvalue weighted by molar-refractivity contribution is 0.0675. The zero-order valence-electron chi connectivity index (χ0n) is 12.1. The molecule has 6 heteroatoms. The summed E-state index contributed by atoms with van der Waals surface area (Å²) in [5.41, 5.74) is 0.585. The van der Waals surface area contributed by atoms with Crippen LogP contribution in [0.15, 0.2) is 36.9 Å². The van der Waals surface area contributed by atoms with Crippen LogP contribution < -0.4 is 9.47 Å². The zero-order chi connectivity index (χ0) is 14.9. The van der Waals surface area contributed by atoms with E-state index in [-0.39, 0.29) is 18.7 Å². The first kappa shape index (κ1) is 13.2. The SMILES string of the molecule is O=C(c1cccc2c1OCO2)N1CCC[C@@H](n2ccnc2)C1. The molecule has 1 fully saturated rings. The molecule has 2 aromatic rings. The van der Waals surface area contributed by atoms with Crippen molar-refractivity contribution in [1.29, 1.82) is 0 Å². The van der Waals surface area contributed by atoms with Crippen LogP contribution in [0.5, 0.6) is 11.5 Å². The van der Waals surface area contributed by atoms with Gasteiger partial charge in [0.2, 0.25) is 6.79 Å². The minimum Gasteiger partial charge on any atom is -0.454 e. The van der Waals surface area contributed by atoms with Crippen molar-refractivity contribution in [3.63, 3.8) is 0 Å². The first-order chi connectivity index (χ1) is 10.8. The Kier molecular flexibility index (Phi) is 3.21. The highest BCUT2D eigenvalue weighted by atomic mass is 16.7. The van der Waals surface area contributed by atoms with E-state index in [4.69, 9.17) is 9.47 Å². The standard InChI is InChI=1S/C16H17N3O3/c20-16(13-4-1-5-14-15(13)22-11-21-14)18-7-2-3-12(9-18)19-8-6-17-10-19/h1,4-6,8,10,12H,2-3,7,9,11H2/t12-/m1/s1. The third-order valence-electron chi connectivity index (χ3n) is 4.26. The second kappa shape index (κ2) is 5.36. The Morgan fingerprint density at radius 1 is 1.32 bits per heavy atom. The van der Waals surface area contributed by atoms with Gasteiger partial charge in [0.1, 0.15) is 0 Å². The number of para-hydroxylation sites is 1. The molecule has 3 heterocycles. The number of carbonyl (C=O) groups excluding carboxylic acids is 1. The molecule has 1 atom stereocenters. The van der Waals surface area contributed by atoms with E-state index in [9.17, 15) is 4.79 Å². The first-order valence-electron chi connectivity index (χ1n) is 7.48. The van der Waals surface area contributed by atoms with Crippen molar-refractivity contribution in [2.45, 2.75) is 18.9 Å². The molecule has 1 aromatic heterocycles. The summed E-state index contributed by atoms with van der Waals surface area (Å²) in [4.78, 5) is 18.8. The van der Waals surface area contributed by atoms with Gasteiger partial charge in [-0.25, -0.2) is 4.98 Å². The largest absolute Gasteiger partial charge is 0.454 e. The maximum atomic E-state index is 12.8. The Hall–Kier alpha value is -2.50. The predicted molar refractivity (Wildman–Crippen MR) is 79.0 cm³/mol. The molecular weight excluding hydrogens is 282 g/mol. The third kappa shape index (κ3) is 2.20. The molecule has 0 unspecified atom stereocenters. The maximum absolute atomic E-state index is 12.8. The fourth-order valence-electron chi connectivity index (χ4n) is 3.14. The summed E-state index contributed by atoms with van der Waals surface area (Å²) in [6.45, 7) is 1.64. The number of hydrogen-bond donors (Lipinski definition) is 0. The second-order valence-electron chi connectivity index (χ2n) is 5.60. The molecule has 2 aliphatic rings. The van der Waals surface area contributed by atoms with Crippen molar-refractivity contribution in [3.8, 4) is 11.5 Å². The Morgan fingerprint density at radius 2 is 2.27 bits per heavy atom. The van der Waals surface area contributed by atoms with Crippen molar-refractivity contribution in [2.75, 3.05) is 19.9 Å². The normalized spacial score (nSPS) is 20.2. The fraction of sp³-hybridized carbons (Fsp3) is 0.375. The lowest BCUT2D eigenvalue weighted by Gasteiger charge is -2.33. The molecule has 0 aliphatic carbocycles. The number of nitrogens with zero attached hydrogens (tertiary/aromatic N) is 3. The van der Waals surface area contributed by atoms with Gasteiger partial charge < -0.3 is 18.9 Å². The van der Waals surface area contributed by atoms with E-state index in [1.807, 2.05) is 29.6 Å².